The van der Waals surface area contributed by atoms with E-state index in [4.69, 9.17) is 14.3 Å². The highest BCUT2D eigenvalue weighted by Gasteiger charge is 2.45. The lowest BCUT2D eigenvalue weighted by atomic mass is 9.72. The molecule has 1 fully saturated rings. The number of carbonyl (C=O) groups is 1. The van der Waals surface area contributed by atoms with E-state index in [1.165, 1.54) is 35.2 Å². The Hall–Kier alpha value is -1.57. The van der Waals surface area contributed by atoms with Crippen LogP contribution in [0.4, 0.5) is 8.78 Å². The third-order valence-corrected chi connectivity index (χ3v) is 5.84. The van der Waals surface area contributed by atoms with Gasteiger partial charge in [0.1, 0.15) is 16.2 Å². The highest BCUT2D eigenvalue weighted by atomic mass is 79.9. The Morgan fingerprint density at radius 2 is 2.21 bits per heavy atom. The van der Waals surface area contributed by atoms with Gasteiger partial charge in [0.25, 0.3) is 0 Å². The fraction of sp³-hybridized carbons (Fsp3) is 0.400. The van der Waals surface area contributed by atoms with Crippen LogP contribution in [-0.4, -0.2) is 33.5 Å². The molecule has 28 heavy (non-hydrogen) atoms. The van der Waals surface area contributed by atoms with Crippen LogP contribution in [0, 0.1) is 17.0 Å². The number of carboxylic acids is 1. The van der Waals surface area contributed by atoms with Gasteiger partial charge in [0, 0.05) is 27.3 Å². The second-order valence-electron chi connectivity index (χ2n) is 7.03. The van der Waals surface area contributed by atoms with Crippen molar-refractivity contribution in [3.63, 3.8) is 0 Å². The summed E-state index contributed by atoms with van der Waals surface area (Å²) in [5.41, 5.74) is -1.48. The van der Waals surface area contributed by atoms with Crippen LogP contribution in [0.5, 0.6) is 0 Å². The third kappa shape index (κ3) is 4.36. The molecule has 2 heterocycles. The van der Waals surface area contributed by atoms with Crippen LogP contribution in [0.1, 0.15) is 33.8 Å². The van der Waals surface area contributed by atoms with Crippen molar-refractivity contribution in [2.45, 2.75) is 38.7 Å². The van der Waals surface area contributed by atoms with Gasteiger partial charge in [0.15, 0.2) is 0 Å². The lowest BCUT2D eigenvalue weighted by Gasteiger charge is -2.43. The van der Waals surface area contributed by atoms with E-state index in [0.29, 0.717) is 4.60 Å². The van der Waals surface area contributed by atoms with Crippen molar-refractivity contribution < 1.29 is 21.4 Å². The van der Waals surface area contributed by atoms with Crippen molar-refractivity contribution in [3.8, 4) is 0 Å². The number of benzene rings is 1. The van der Waals surface area contributed by atoms with Crippen LogP contribution in [0.25, 0.3) is 0 Å². The minimum absolute atomic E-state index is 0.0383. The number of hydrogen-bond donors (Lipinski definition) is 1. The van der Waals surface area contributed by atoms with Crippen molar-refractivity contribution in [2.75, 3.05) is 6.54 Å². The predicted octanol–water partition coefficient (Wildman–Crippen LogP) is 5.07. The molecule has 2 aromatic rings. The molecule has 2 atom stereocenters. The molecule has 0 aliphatic carbocycles. The van der Waals surface area contributed by atoms with E-state index in [0.717, 1.165) is 0 Å². The van der Waals surface area contributed by atoms with Gasteiger partial charge in [-0.2, -0.15) is 0 Å². The number of halogens is 4. The molecule has 8 heteroatoms. The molecule has 0 radical (unpaired) electrons. The normalized spacial score (nSPS) is 24.5. The molecule has 0 spiro atoms. The summed E-state index contributed by atoms with van der Waals surface area (Å²) >= 11 is 8.99. The lowest BCUT2D eigenvalue weighted by molar-refractivity contribution is -0.153. The topological polar surface area (TPSA) is 53.4 Å². The van der Waals surface area contributed by atoms with Crippen molar-refractivity contribution in [3.05, 3.63) is 62.8 Å². The van der Waals surface area contributed by atoms with E-state index in [1.54, 1.807) is 6.92 Å². The Morgan fingerprint density at radius 1 is 1.46 bits per heavy atom. The quantitative estimate of drug-likeness (QED) is 0.613. The minimum Gasteiger partial charge on any atom is -0.481 e. The van der Waals surface area contributed by atoms with Crippen LogP contribution in [0.15, 0.2) is 34.9 Å². The first-order chi connectivity index (χ1) is 14.0. The maximum Gasteiger partial charge on any atom is 0.310 e. The largest absolute Gasteiger partial charge is 0.481 e. The molecule has 1 aromatic heterocycles. The monoisotopic (exact) mass is 474 g/mol. The molecule has 0 amide bonds. The summed E-state index contributed by atoms with van der Waals surface area (Å²) in [6.07, 6.45) is -0.0139. The standard InChI is InChI=1S/C20H20BrClF2N2O2/c1-12-9-20(19(27)28,10-16-15(23)5-6-17(21)25-16)7-8-26(12)11-13-3-2-4-14(22)18(13)24/h2-6,12H,7-11H2,1H3,(H,27,28)/i11D2. The SMILES string of the molecule is [2H]C([2H])(c1cccc(Cl)c1F)N1CCC(Cc2nc(Br)ccc2F)(C(=O)O)CC1C. The molecule has 0 saturated carbocycles. The fourth-order valence-electron chi connectivity index (χ4n) is 3.58. The first kappa shape index (κ1) is 18.5. The summed E-state index contributed by atoms with van der Waals surface area (Å²) in [5, 5.41) is 9.78. The van der Waals surface area contributed by atoms with Crippen LogP contribution in [0.2, 0.25) is 5.02 Å². The average Bonchev–Trinajstić information content (AvgIpc) is 2.66. The van der Waals surface area contributed by atoms with E-state index in [-0.39, 0.29) is 42.1 Å². The van der Waals surface area contributed by atoms with E-state index in [2.05, 4.69) is 20.9 Å². The molecule has 1 N–H and O–H groups in total. The van der Waals surface area contributed by atoms with Gasteiger partial charge in [0.05, 0.1) is 16.1 Å². The fourth-order valence-corrected chi connectivity index (χ4v) is 4.10. The smallest absolute Gasteiger partial charge is 0.310 e. The highest BCUT2D eigenvalue weighted by molar-refractivity contribution is 9.10. The van der Waals surface area contributed by atoms with E-state index in [9.17, 15) is 18.7 Å². The number of likely N-dealkylation sites (tertiary alicyclic amines) is 1. The van der Waals surface area contributed by atoms with E-state index < -0.39 is 35.6 Å². The van der Waals surface area contributed by atoms with Crippen molar-refractivity contribution in [2.24, 2.45) is 5.41 Å². The van der Waals surface area contributed by atoms with Gasteiger partial charge in [-0.25, -0.2) is 13.8 Å². The number of nitrogens with zero attached hydrogens (tertiary/aromatic N) is 2. The van der Waals surface area contributed by atoms with E-state index in [1.807, 2.05) is 0 Å². The molecule has 1 saturated heterocycles. The number of aliphatic carboxylic acids is 1. The average molecular weight is 476 g/mol. The van der Waals surface area contributed by atoms with Crippen LogP contribution in [0.3, 0.4) is 0 Å². The molecule has 2 unspecified atom stereocenters. The summed E-state index contributed by atoms with van der Waals surface area (Å²) < 4.78 is 46.1. The molecule has 1 aliphatic heterocycles. The maximum atomic E-state index is 14.5. The van der Waals surface area contributed by atoms with Gasteiger partial charge in [-0.1, -0.05) is 23.7 Å². The zero-order chi connectivity index (χ0) is 22.3. The zero-order valence-electron chi connectivity index (χ0n) is 17.1. The number of carboxylic acid groups (broad SMARTS) is 1. The van der Waals surface area contributed by atoms with Gasteiger partial charge in [-0.15, -0.1) is 0 Å². The first-order valence-electron chi connectivity index (χ1n) is 9.73. The summed E-state index contributed by atoms with van der Waals surface area (Å²) in [6.45, 7) is -0.470. The molecular formula is C20H20BrClF2N2O2. The summed E-state index contributed by atoms with van der Waals surface area (Å²) in [5.74, 6) is -2.53. The minimum atomic E-state index is -2.20. The van der Waals surface area contributed by atoms with Crippen molar-refractivity contribution >= 4 is 33.5 Å². The number of piperidine rings is 1. The molecule has 0 bridgehead atoms. The second kappa shape index (κ2) is 8.43. The maximum absolute atomic E-state index is 14.5. The molecule has 3 rings (SSSR count). The Kier molecular flexibility index (Phi) is 5.56. The summed E-state index contributed by atoms with van der Waals surface area (Å²) in [6, 6.07) is 6.24. The van der Waals surface area contributed by atoms with Gasteiger partial charge < -0.3 is 5.11 Å². The number of aromatic nitrogens is 1. The Bertz CT molecular complexity index is 982. The lowest BCUT2D eigenvalue weighted by Crippen LogP contribution is -2.50. The third-order valence-electron chi connectivity index (χ3n) is 5.11. The van der Waals surface area contributed by atoms with Crippen molar-refractivity contribution in [1.29, 1.82) is 0 Å². The first-order valence-corrected chi connectivity index (χ1v) is 9.90. The van der Waals surface area contributed by atoms with Crippen LogP contribution in [-0.2, 0) is 17.7 Å². The van der Waals surface area contributed by atoms with Gasteiger partial charge in [-0.3, -0.25) is 9.69 Å². The molecule has 150 valence electrons. The summed E-state index contributed by atoms with van der Waals surface area (Å²) in [7, 11) is 0. The molecule has 1 aromatic carbocycles. The zero-order valence-corrected chi connectivity index (χ0v) is 17.4. The van der Waals surface area contributed by atoms with E-state index >= 15 is 0 Å². The van der Waals surface area contributed by atoms with Crippen LogP contribution >= 0.6 is 27.5 Å². The van der Waals surface area contributed by atoms with Gasteiger partial charge >= 0.3 is 5.97 Å². The Morgan fingerprint density at radius 3 is 2.89 bits per heavy atom. The second-order valence-corrected chi connectivity index (χ2v) is 8.25. The van der Waals surface area contributed by atoms with Crippen LogP contribution < -0.4 is 0 Å². The van der Waals surface area contributed by atoms with Gasteiger partial charge in [-0.05, 0) is 60.4 Å². The Balaban J connectivity index is 1.90. The number of rotatable bonds is 5. The molecular weight excluding hydrogens is 454 g/mol. The van der Waals surface area contributed by atoms with Crippen molar-refractivity contribution in [1.82, 2.24) is 9.88 Å². The highest BCUT2D eigenvalue weighted by Crippen LogP contribution is 2.39. The van der Waals surface area contributed by atoms with Gasteiger partial charge in [0.2, 0.25) is 0 Å². The summed E-state index contributed by atoms with van der Waals surface area (Å²) in [4.78, 5) is 17.7. The molecule has 1 aliphatic rings. The number of pyridine rings is 1. The number of hydrogen-bond acceptors (Lipinski definition) is 3. The molecule has 4 nitrogen and oxygen atoms in total. The Labute approximate surface area is 178 Å². The predicted molar refractivity (Wildman–Crippen MR) is 106 cm³/mol.